The van der Waals surface area contributed by atoms with Crippen molar-refractivity contribution in [3.8, 4) is 5.75 Å². The molecule has 1 heterocycles. The molecule has 1 fully saturated rings. The van der Waals surface area contributed by atoms with Gasteiger partial charge < -0.3 is 36.6 Å². The monoisotopic (exact) mass is 492 g/mol. The number of carboxylic acids is 1. The lowest BCUT2D eigenvalue weighted by Gasteiger charge is -2.30. The Morgan fingerprint density at radius 1 is 1.09 bits per heavy atom. The quantitative estimate of drug-likeness (QED) is 0.244. The number of aliphatic carboxylic acids is 1. The summed E-state index contributed by atoms with van der Waals surface area (Å²) in [6.07, 6.45) is 0.0715. The molecule has 1 aromatic rings. The average molecular weight is 493 g/mol. The molecule has 194 valence electrons. The normalized spacial score (nSPS) is 19.0. The maximum Gasteiger partial charge on any atom is 0.326 e. The van der Waals surface area contributed by atoms with Crippen LogP contribution < -0.4 is 16.4 Å². The highest BCUT2D eigenvalue weighted by Gasteiger charge is 2.39. The highest BCUT2D eigenvalue weighted by Crippen LogP contribution is 2.21. The molecule has 2 rings (SSSR count). The van der Waals surface area contributed by atoms with Crippen molar-refractivity contribution in [1.82, 2.24) is 15.5 Å². The van der Waals surface area contributed by atoms with E-state index in [-0.39, 0.29) is 31.1 Å². The van der Waals surface area contributed by atoms with Crippen LogP contribution in [0.25, 0.3) is 0 Å². The number of nitrogens with zero attached hydrogens (tertiary/aromatic N) is 1. The lowest BCUT2D eigenvalue weighted by atomic mass is 10.0. The SMILES string of the molecule is CC(C)CC(NC(=O)C1CCCN1C(=O)C(Cc1ccc(O)cc1)NC(=O)C(N)C(C)O)C(=O)O. The second-order valence-electron chi connectivity index (χ2n) is 9.42. The number of rotatable bonds is 11. The lowest BCUT2D eigenvalue weighted by molar-refractivity contribution is -0.145. The minimum Gasteiger partial charge on any atom is -0.508 e. The zero-order valence-corrected chi connectivity index (χ0v) is 20.3. The third-order valence-electron chi connectivity index (χ3n) is 5.97. The second kappa shape index (κ2) is 12.5. The van der Waals surface area contributed by atoms with Crippen molar-refractivity contribution in [2.24, 2.45) is 11.7 Å². The van der Waals surface area contributed by atoms with Gasteiger partial charge in [0.1, 0.15) is 29.9 Å². The van der Waals surface area contributed by atoms with Crippen LogP contribution in [0.3, 0.4) is 0 Å². The molecule has 0 aliphatic carbocycles. The fourth-order valence-electron chi connectivity index (χ4n) is 4.02. The number of aromatic hydroxyl groups is 1. The molecule has 35 heavy (non-hydrogen) atoms. The van der Waals surface area contributed by atoms with Gasteiger partial charge in [-0.2, -0.15) is 0 Å². The minimum absolute atomic E-state index is 0.0424. The summed E-state index contributed by atoms with van der Waals surface area (Å²) in [7, 11) is 0. The van der Waals surface area contributed by atoms with Crippen molar-refractivity contribution in [3.05, 3.63) is 29.8 Å². The third kappa shape index (κ3) is 7.93. The standard InChI is InChI=1S/C24H36N4O7/c1-13(2)11-18(24(34)35)27-21(31)19-5-4-10-28(19)23(33)17(26-22(32)20(25)14(3)29)12-15-6-8-16(30)9-7-15/h6-9,13-14,17-20,29-30H,4-5,10-12,25H2,1-3H3,(H,26,32)(H,27,31)(H,34,35). The van der Waals surface area contributed by atoms with Gasteiger partial charge in [0.2, 0.25) is 17.7 Å². The first-order valence-electron chi connectivity index (χ1n) is 11.8. The fourth-order valence-corrected chi connectivity index (χ4v) is 4.02. The molecule has 1 aromatic carbocycles. The Morgan fingerprint density at radius 2 is 1.71 bits per heavy atom. The third-order valence-corrected chi connectivity index (χ3v) is 5.97. The van der Waals surface area contributed by atoms with Gasteiger partial charge in [0, 0.05) is 13.0 Å². The van der Waals surface area contributed by atoms with Gasteiger partial charge in [-0.1, -0.05) is 26.0 Å². The molecule has 0 radical (unpaired) electrons. The highest BCUT2D eigenvalue weighted by atomic mass is 16.4. The number of nitrogens with one attached hydrogen (secondary N) is 2. The number of aliphatic hydroxyl groups is 1. The van der Waals surface area contributed by atoms with Crippen molar-refractivity contribution in [1.29, 1.82) is 0 Å². The van der Waals surface area contributed by atoms with Gasteiger partial charge in [-0.25, -0.2) is 4.79 Å². The van der Waals surface area contributed by atoms with E-state index in [1.165, 1.54) is 24.0 Å². The van der Waals surface area contributed by atoms with Gasteiger partial charge in [0.05, 0.1) is 6.10 Å². The zero-order chi connectivity index (χ0) is 26.3. The number of amides is 3. The first kappa shape index (κ1) is 28.1. The molecule has 7 N–H and O–H groups in total. The van der Waals surface area contributed by atoms with Crippen molar-refractivity contribution in [2.45, 2.75) is 76.7 Å². The zero-order valence-electron chi connectivity index (χ0n) is 20.3. The molecule has 11 nitrogen and oxygen atoms in total. The van der Waals surface area contributed by atoms with Crippen LogP contribution in [0.2, 0.25) is 0 Å². The van der Waals surface area contributed by atoms with Crippen LogP contribution in [-0.4, -0.2) is 80.7 Å². The van der Waals surface area contributed by atoms with E-state index in [1.54, 1.807) is 12.1 Å². The van der Waals surface area contributed by atoms with Crippen LogP contribution in [0.4, 0.5) is 0 Å². The highest BCUT2D eigenvalue weighted by molar-refractivity contribution is 5.94. The molecule has 0 aromatic heterocycles. The Bertz CT molecular complexity index is 904. The molecule has 11 heteroatoms. The lowest BCUT2D eigenvalue weighted by Crippen LogP contribution is -2.58. The van der Waals surface area contributed by atoms with Crippen LogP contribution in [-0.2, 0) is 25.6 Å². The van der Waals surface area contributed by atoms with E-state index >= 15 is 0 Å². The molecular weight excluding hydrogens is 456 g/mol. The van der Waals surface area contributed by atoms with E-state index in [0.29, 0.717) is 18.4 Å². The maximum atomic E-state index is 13.5. The van der Waals surface area contributed by atoms with Gasteiger partial charge in [-0.3, -0.25) is 14.4 Å². The molecule has 0 saturated carbocycles. The topological polar surface area (TPSA) is 182 Å². The molecule has 5 unspecified atom stereocenters. The van der Waals surface area contributed by atoms with Crippen LogP contribution in [0.5, 0.6) is 5.75 Å². The number of hydrogen-bond acceptors (Lipinski definition) is 7. The molecule has 1 saturated heterocycles. The number of phenols is 1. The van der Waals surface area contributed by atoms with Gasteiger partial charge in [-0.05, 0) is 49.8 Å². The van der Waals surface area contributed by atoms with E-state index in [4.69, 9.17) is 5.73 Å². The first-order chi connectivity index (χ1) is 16.4. The van der Waals surface area contributed by atoms with Crippen LogP contribution in [0.15, 0.2) is 24.3 Å². The first-order valence-corrected chi connectivity index (χ1v) is 11.8. The molecule has 0 bridgehead atoms. The number of phenolic OH excluding ortho intramolecular Hbond substituents is 1. The van der Waals surface area contributed by atoms with Gasteiger partial charge in [-0.15, -0.1) is 0 Å². The van der Waals surface area contributed by atoms with Crippen LogP contribution in [0.1, 0.15) is 45.6 Å². The summed E-state index contributed by atoms with van der Waals surface area (Å²) >= 11 is 0. The summed E-state index contributed by atoms with van der Waals surface area (Å²) in [5.41, 5.74) is 6.38. The minimum atomic E-state index is -1.25. The van der Waals surface area contributed by atoms with Gasteiger partial charge in [0.25, 0.3) is 0 Å². The van der Waals surface area contributed by atoms with Crippen molar-refractivity contribution >= 4 is 23.7 Å². The Balaban J connectivity index is 2.23. The Kier molecular flexibility index (Phi) is 10.0. The molecular formula is C24H36N4O7. The Morgan fingerprint density at radius 3 is 2.26 bits per heavy atom. The van der Waals surface area contributed by atoms with Gasteiger partial charge >= 0.3 is 5.97 Å². The smallest absolute Gasteiger partial charge is 0.326 e. The number of likely N-dealkylation sites (tertiary alicyclic amines) is 1. The number of aliphatic hydroxyl groups excluding tert-OH is 1. The summed E-state index contributed by atoms with van der Waals surface area (Å²) in [5, 5.41) is 33.8. The number of carboxylic acid groups (broad SMARTS) is 1. The fraction of sp³-hybridized carbons (Fsp3) is 0.583. The largest absolute Gasteiger partial charge is 0.508 e. The van der Waals surface area contributed by atoms with Crippen molar-refractivity contribution in [2.75, 3.05) is 6.54 Å². The number of nitrogens with two attached hydrogens (primary N) is 1. The molecule has 3 amide bonds. The second-order valence-corrected chi connectivity index (χ2v) is 9.42. The number of carbonyl (C=O) groups excluding carboxylic acids is 3. The summed E-state index contributed by atoms with van der Waals surface area (Å²) < 4.78 is 0. The summed E-state index contributed by atoms with van der Waals surface area (Å²) in [6, 6.07) is 1.83. The van der Waals surface area contributed by atoms with E-state index in [2.05, 4.69) is 10.6 Å². The van der Waals surface area contributed by atoms with E-state index in [9.17, 15) is 34.5 Å². The predicted molar refractivity (Wildman–Crippen MR) is 127 cm³/mol. The summed E-state index contributed by atoms with van der Waals surface area (Å²) in [6.45, 7) is 5.32. The van der Waals surface area contributed by atoms with Crippen molar-refractivity contribution < 1.29 is 34.5 Å². The summed E-state index contributed by atoms with van der Waals surface area (Å²) in [5.74, 6) is -2.85. The van der Waals surface area contributed by atoms with E-state index in [0.717, 1.165) is 0 Å². The van der Waals surface area contributed by atoms with Crippen LogP contribution >= 0.6 is 0 Å². The molecule has 5 atom stereocenters. The number of carbonyl (C=O) groups is 4. The maximum absolute atomic E-state index is 13.5. The molecule has 1 aliphatic heterocycles. The Labute approximate surface area is 204 Å². The number of hydrogen-bond donors (Lipinski definition) is 6. The Hall–Kier alpha value is -3.18. The van der Waals surface area contributed by atoms with Crippen molar-refractivity contribution in [3.63, 3.8) is 0 Å². The molecule has 1 aliphatic rings. The predicted octanol–water partition coefficient (Wildman–Crippen LogP) is -0.266. The average Bonchev–Trinajstić information content (AvgIpc) is 3.28. The molecule has 0 spiro atoms. The number of benzene rings is 1. The van der Waals surface area contributed by atoms with E-state index in [1.807, 2.05) is 13.8 Å². The summed E-state index contributed by atoms with van der Waals surface area (Å²) in [4.78, 5) is 52.0. The van der Waals surface area contributed by atoms with E-state index < -0.39 is 54.0 Å². The van der Waals surface area contributed by atoms with Gasteiger partial charge in [0.15, 0.2) is 0 Å². The van der Waals surface area contributed by atoms with Crippen LogP contribution in [0, 0.1) is 5.92 Å².